The van der Waals surface area contributed by atoms with Gasteiger partial charge in [-0.2, -0.15) is 0 Å². The average molecular weight is 184 g/mol. The summed E-state index contributed by atoms with van der Waals surface area (Å²) in [5.74, 6) is -1.09. The molecule has 1 rings (SSSR count). The number of aryl methyl sites for hydroxylation is 1. The van der Waals surface area contributed by atoms with Crippen LogP contribution in [0.5, 0.6) is 0 Å². The highest BCUT2D eigenvalue weighted by molar-refractivity contribution is 5.81. The van der Waals surface area contributed by atoms with Crippen molar-refractivity contribution in [2.75, 3.05) is 0 Å². The Morgan fingerprint density at radius 2 is 2.23 bits per heavy atom. The molecular formula is C8H12N2O3. The number of carboxylic acid groups (broad SMARTS) is 1. The van der Waals surface area contributed by atoms with Gasteiger partial charge < -0.3 is 9.52 Å². The Labute approximate surface area is 75.8 Å². The molecule has 0 unspecified atom stereocenters. The summed E-state index contributed by atoms with van der Waals surface area (Å²) in [4.78, 5) is 10.3. The first-order valence-electron chi connectivity index (χ1n) is 4.29. The standard InChI is InChI=1S/C8H12N2O3/c1-2-3-4-5-6-9-10-7(13-6)8(11)12/h2-5H2,1H3,(H,11,12). The Morgan fingerprint density at radius 1 is 1.46 bits per heavy atom. The van der Waals surface area contributed by atoms with E-state index in [4.69, 9.17) is 9.52 Å². The molecule has 5 heteroatoms. The van der Waals surface area contributed by atoms with Gasteiger partial charge >= 0.3 is 11.9 Å². The molecule has 0 aliphatic heterocycles. The minimum Gasteiger partial charge on any atom is -0.474 e. The van der Waals surface area contributed by atoms with Gasteiger partial charge in [-0.3, -0.25) is 0 Å². The molecular weight excluding hydrogens is 172 g/mol. The summed E-state index contributed by atoms with van der Waals surface area (Å²) in [5, 5.41) is 15.5. The lowest BCUT2D eigenvalue weighted by atomic mass is 10.2. The van der Waals surface area contributed by atoms with Crippen LogP contribution >= 0.6 is 0 Å². The first-order valence-corrected chi connectivity index (χ1v) is 4.29. The highest BCUT2D eigenvalue weighted by Gasteiger charge is 2.11. The number of carboxylic acids is 1. The summed E-state index contributed by atoms with van der Waals surface area (Å²) in [6, 6.07) is 0. The van der Waals surface area contributed by atoms with Crippen molar-refractivity contribution in [1.82, 2.24) is 10.2 Å². The highest BCUT2D eigenvalue weighted by Crippen LogP contribution is 2.05. The molecule has 13 heavy (non-hydrogen) atoms. The minimum atomic E-state index is -1.17. The van der Waals surface area contributed by atoms with E-state index in [0.717, 1.165) is 19.3 Å². The molecule has 0 amide bonds. The Morgan fingerprint density at radius 3 is 2.77 bits per heavy atom. The van der Waals surface area contributed by atoms with Gasteiger partial charge in [0.1, 0.15) is 0 Å². The molecule has 0 saturated carbocycles. The van der Waals surface area contributed by atoms with Crippen molar-refractivity contribution in [1.29, 1.82) is 0 Å². The molecule has 0 aliphatic carbocycles. The number of carbonyl (C=O) groups is 1. The number of nitrogens with zero attached hydrogens (tertiary/aromatic N) is 2. The summed E-state index contributed by atoms with van der Waals surface area (Å²) in [7, 11) is 0. The molecule has 1 heterocycles. The van der Waals surface area contributed by atoms with E-state index >= 15 is 0 Å². The third-order valence-electron chi connectivity index (χ3n) is 1.64. The lowest BCUT2D eigenvalue weighted by Gasteiger charge is -1.91. The molecule has 0 radical (unpaired) electrons. The minimum absolute atomic E-state index is 0.327. The largest absolute Gasteiger partial charge is 0.474 e. The first kappa shape index (κ1) is 9.70. The zero-order valence-corrected chi connectivity index (χ0v) is 7.49. The Hall–Kier alpha value is -1.39. The van der Waals surface area contributed by atoms with Crippen molar-refractivity contribution in [3.63, 3.8) is 0 Å². The van der Waals surface area contributed by atoms with Gasteiger partial charge in [-0.25, -0.2) is 4.79 Å². The molecule has 0 spiro atoms. The number of rotatable bonds is 5. The first-order chi connectivity index (χ1) is 6.24. The molecule has 5 nitrogen and oxygen atoms in total. The Bertz CT molecular complexity index is 283. The topological polar surface area (TPSA) is 76.2 Å². The molecule has 0 atom stereocenters. The van der Waals surface area contributed by atoms with Crippen LogP contribution in [0.1, 0.15) is 42.8 Å². The van der Waals surface area contributed by atoms with Crippen LogP contribution < -0.4 is 0 Å². The average Bonchev–Trinajstić information content (AvgIpc) is 2.53. The van der Waals surface area contributed by atoms with Crippen LogP contribution in [0.3, 0.4) is 0 Å². The van der Waals surface area contributed by atoms with Crippen LogP contribution in [0.4, 0.5) is 0 Å². The van der Waals surface area contributed by atoms with Crippen LogP contribution in [-0.4, -0.2) is 21.3 Å². The van der Waals surface area contributed by atoms with E-state index in [1.807, 2.05) is 0 Å². The van der Waals surface area contributed by atoms with E-state index in [-0.39, 0.29) is 5.89 Å². The number of unbranched alkanes of at least 4 members (excludes halogenated alkanes) is 2. The molecule has 0 aliphatic rings. The van der Waals surface area contributed by atoms with E-state index < -0.39 is 5.97 Å². The third kappa shape index (κ3) is 2.85. The molecule has 1 aromatic heterocycles. The lowest BCUT2D eigenvalue weighted by Crippen LogP contribution is -1.95. The van der Waals surface area contributed by atoms with E-state index in [1.54, 1.807) is 0 Å². The maximum atomic E-state index is 10.3. The molecule has 1 aromatic rings. The molecule has 0 aromatic carbocycles. The molecule has 0 fully saturated rings. The predicted molar refractivity (Wildman–Crippen MR) is 44.5 cm³/mol. The van der Waals surface area contributed by atoms with E-state index in [9.17, 15) is 4.79 Å². The maximum absolute atomic E-state index is 10.3. The normalized spacial score (nSPS) is 10.2. The second-order valence-corrected chi connectivity index (χ2v) is 2.76. The summed E-state index contributed by atoms with van der Waals surface area (Å²) < 4.78 is 4.87. The smallest absolute Gasteiger partial charge is 0.393 e. The number of hydrogen-bond acceptors (Lipinski definition) is 4. The van der Waals surface area contributed by atoms with Crippen LogP contribution in [0.15, 0.2) is 4.42 Å². The van der Waals surface area contributed by atoms with Gasteiger partial charge in [0.25, 0.3) is 0 Å². The maximum Gasteiger partial charge on any atom is 0.393 e. The van der Waals surface area contributed by atoms with Gasteiger partial charge in [-0.15, -0.1) is 10.2 Å². The molecule has 0 saturated heterocycles. The summed E-state index contributed by atoms with van der Waals surface area (Å²) >= 11 is 0. The number of aromatic carboxylic acids is 1. The zero-order chi connectivity index (χ0) is 9.68. The van der Waals surface area contributed by atoms with Gasteiger partial charge in [-0.1, -0.05) is 19.8 Å². The Kier molecular flexibility index (Phi) is 3.42. The van der Waals surface area contributed by atoms with Gasteiger partial charge in [-0.05, 0) is 6.42 Å². The quantitative estimate of drug-likeness (QED) is 0.701. The summed E-state index contributed by atoms with van der Waals surface area (Å²) in [5.41, 5.74) is 0. The van der Waals surface area contributed by atoms with E-state index in [0.29, 0.717) is 12.3 Å². The van der Waals surface area contributed by atoms with Crippen LogP contribution in [0.2, 0.25) is 0 Å². The van der Waals surface area contributed by atoms with Gasteiger partial charge in [0.15, 0.2) is 0 Å². The second-order valence-electron chi connectivity index (χ2n) is 2.76. The fourth-order valence-corrected chi connectivity index (χ4v) is 0.967. The van der Waals surface area contributed by atoms with E-state index in [1.165, 1.54) is 0 Å². The SMILES string of the molecule is CCCCCc1nnc(C(=O)O)o1. The highest BCUT2D eigenvalue weighted by atomic mass is 16.4. The van der Waals surface area contributed by atoms with Crippen molar-refractivity contribution in [2.45, 2.75) is 32.6 Å². The van der Waals surface area contributed by atoms with Crippen molar-refractivity contribution in [2.24, 2.45) is 0 Å². The van der Waals surface area contributed by atoms with Crippen molar-refractivity contribution < 1.29 is 14.3 Å². The number of hydrogen-bond donors (Lipinski definition) is 1. The van der Waals surface area contributed by atoms with Crippen LogP contribution in [0, 0.1) is 0 Å². The van der Waals surface area contributed by atoms with Gasteiger partial charge in [0.05, 0.1) is 0 Å². The van der Waals surface area contributed by atoms with Gasteiger partial charge in [0, 0.05) is 6.42 Å². The third-order valence-corrected chi connectivity index (χ3v) is 1.64. The number of aromatic nitrogens is 2. The predicted octanol–water partition coefficient (Wildman–Crippen LogP) is 1.50. The van der Waals surface area contributed by atoms with Crippen LogP contribution in [0.25, 0.3) is 0 Å². The zero-order valence-electron chi connectivity index (χ0n) is 7.49. The Balaban J connectivity index is 2.44. The second kappa shape index (κ2) is 4.59. The van der Waals surface area contributed by atoms with Crippen molar-refractivity contribution >= 4 is 5.97 Å². The van der Waals surface area contributed by atoms with Gasteiger partial charge in [0.2, 0.25) is 5.89 Å². The molecule has 0 bridgehead atoms. The van der Waals surface area contributed by atoms with E-state index in [2.05, 4.69) is 17.1 Å². The fourth-order valence-electron chi connectivity index (χ4n) is 0.967. The monoisotopic (exact) mass is 184 g/mol. The summed E-state index contributed by atoms with van der Waals surface area (Å²) in [6.07, 6.45) is 3.82. The molecule has 1 N–H and O–H groups in total. The van der Waals surface area contributed by atoms with Crippen molar-refractivity contribution in [3.8, 4) is 0 Å². The summed E-state index contributed by atoms with van der Waals surface area (Å²) in [6.45, 7) is 2.09. The van der Waals surface area contributed by atoms with Crippen molar-refractivity contribution in [3.05, 3.63) is 11.8 Å². The molecule has 72 valence electrons. The lowest BCUT2D eigenvalue weighted by molar-refractivity contribution is 0.0651. The fraction of sp³-hybridized carbons (Fsp3) is 0.625. The van der Waals surface area contributed by atoms with Crippen LogP contribution in [-0.2, 0) is 6.42 Å².